The summed E-state index contributed by atoms with van der Waals surface area (Å²) in [5, 5.41) is 3.51. The van der Waals surface area contributed by atoms with Crippen LogP contribution >= 0.6 is 0 Å². The minimum Gasteiger partial charge on any atom is -0.382 e. The van der Waals surface area contributed by atoms with E-state index in [2.05, 4.69) is 33.0 Å². The summed E-state index contributed by atoms with van der Waals surface area (Å²) in [5.41, 5.74) is 0. The highest BCUT2D eigenvalue weighted by atomic mass is 16.5. The quantitative estimate of drug-likeness (QED) is 0.565. The first kappa shape index (κ1) is 14.9. The molecule has 2 nitrogen and oxygen atoms in total. The van der Waals surface area contributed by atoms with Crippen LogP contribution in [0.1, 0.15) is 47.0 Å². The van der Waals surface area contributed by atoms with Gasteiger partial charge in [-0.25, -0.2) is 0 Å². The molecular weight excluding hydrogens is 186 g/mol. The number of nitrogens with one attached hydrogen (secondary N) is 1. The molecule has 0 radical (unpaired) electrons. The molecule has 0 aliphatic heterocycles. The molecule has 0 saturated heterocycles. The molecule has 0 aliphatic carbocycles. The van der Waals surface area contributed by atoms with Crippen LogP contribution in [0.4, 0.5) is 0 Å². The molecule has 0 rings (SSSR count). The zero-order chi connectivity index (χ0) is 11.5. The van der Waals surface area contributed by atoms with Gasteiger partial charge in [-0.15, -0.1) is 0 Å². The van der Waals surface area contributed by atoms with Crippen LogP contribution in [-0.2, 0) is 4.74 Å². The maximum Gasteiger partial charge on any atom is 0.0469 e. The van der Waals surface area contributed by atoms with Crippen molar-refractivity contribution in [2.75, 3.05) is 26.3 Å². The zero-order valence-corrected chi connectivity index (χ0v) is 11.0. The van der Waals surface area contributed by atoms with E-state index in [0.29, 0.717) is 0 Å². The highest BCUT2D eigenvalue weighted by Crippen LogP contribution is 2.14. The van der Waals surface area contributed by atoms with Gasteiger partial charge in [0.1, 0.15) is 0 Å². The second kappa shape index (κ2) is 10.4. The molecule has 1 N–H and O–H groups in total. The van der Waals surface area contributed by atoms with Crippen molar-refractivity contribution in [3.05, 3.63) is 0 Å². The summed E-state index contributed by atoms with van der Waals surface area (Å²) in [6, 6.07) is 0. The summed E-state index contributed by atoms with van der Waals surface area (Å²) in [6.45, 7) is 12.9. The van der Waals surface area contributed by atoms with Gasteiger partial charge in [0.05, 0.1) is 0 Å². The predicted octanol–water partition coefficient (Wildman–Crippen LogP) is 3.07. The van der Waals surface area contributed by atoms with E-state index in [-0.39, 0.29) is 0 Å². The molecule has 0 fully saturated rings. The number of hydrogen-bond acceptors (Lipinski definition) is 2. The molecule has 0 bridgehead atoms. The van der Waals surface area contributed by atoms with E-state index in [1.54, 1.807) is 0 Å². The Kier molecular flexibility index (Phi) is 10.4. The van der Waals surface area contributed by atoms with Gasteiger partial charge < -0.3 is 10.1 Å². The van der Waals surface area contributed by atoms with Crippen molar-refractivity contribution in [3.8, 4) is 0 Å². The Morgan fingerprint density at radius 2 is 1.93 bits per heavy atom. The van der Waals surface area contributed by atoms with Gasteiger partial charge in [-0.1, -0.05) is 20.8 Å². The van der Waals surface area contributed by atoms with Crippen molar-refractivity contribution in [2.45, 2.75) is 47.0 Å². The largest absolute Gasteiger partial charge is 0.382 e. The molecule has 0 aromatic carbocycles. The molecule has 2 heteroatoms. The van der Waals surface area contributed by atoms with E-state index in [4.69, 9.17) is 4.74 Å². The summed E-state index contributed by atoms with van der Waals surface area (Å²) in [4.78, 5) is 0. The Morgan fingerprint density at radius 1 is 1.20 bits per heavy atom. The molecule has 15 heavy (non-hydrogen) atoms. The maximum atomic E-state index is 5.42. The number of hydrogen-bond donors (Lipinski definition) is 1. The first-order valence-corrected chi connectivity index (χ1v) is 6.49. The van der Waals surface area contributed by atoms with E-state index in [1.807, 2.05) is 0 Å². The Morgan fingerprint density at radius 3 is 2.47 bits per heavy atom. The molecule has 0 amide bonds. The van der Waals surface area contributed by atoms with Gasteiger partial charge in [0.15, 0.2) is 0 Å². The molecule has 0 heterocycles. The monoisotopic (exact) mass is 215 g/mol. The smallest absolute Gasteiger partial charge is 0.0469 e. The minimum atomic E-state index is 0.781. The molecular formula is C13H29NO. The second-order valence-corrected chi connectivity index (χ2v) is 4.69. The van der Waals surface area contributed by atoms with Crippen LogP contribution in [-0.4, -0.2) is 26.3 Å². The van der Waals surface area contributed by atoms with E-state index in [0.717, 1.165) is 38.1 Å². The molecule has 0 spiro atoms. The zero-order valence-electron chi connectivity index (χ0n) is 11.0. The Labute approximate surface area is 95.8 Å². The maximum absolute atomic E-state index is 5.42. The van der Waals surface area contributed by atoms with Crippen molar-refractivity contribution in [2.24, 2.45) is 11.8 Å². The fourth-order valence-electron chi connectivity index (χ4n) is 1.85. The van der Waals surface area contributed by atoms with Crippen LogP contribution < -0.4 is 5.32 Å². The van der Waals surface area contributed by atoms with Crippen LogP contribution in [0.2, 0.25) is 0 Å². The van der Waals surface area contributed by atoms with Crippen molar-refractivity contribution < 1.29 is 4.74 Å². The standard InChI is InChI=1S/C13H29NO/c1-5-8-14-11-13(10-12(3)4)7-9-15-6-2/h12-14H,5-11H2,1-4H3. The number of rotatable bonds is 10. The first-order chi connectivity index (χ1) is 7.20. The van der Waals surface area contributed by atoms with Crippen molar-refractivity contribution in [1.82, 2.24) is 5.32 Å². The molecule has 0 aromatic heterocycles. The van der Waals surface area contributed by atoms with Crippen LogP contribution in [0.3, 0.4) is 0 Å². The summed E-state index contributed by atoms with van der Waals surface area (Å²) in [7, 11) is 0. The molecule has 92 valence electrons. The van der Waals surface area contributed by atoms with Gasteiger partial charge >= 0.3 is 0 Å². The average Bonchev–Trinajstić information content (AvgIpc) is 2.17. The third-order valence-electron chi connectivity index (χ3n) is 2.54. The lowest BCUT2D eigenvalue weighted by atomic mass is 9.94. The van der Waals surface area contributed by atoms with Crippen molar-refractivity contribution in [3.63, 3.8) is 0 Å². The van der Waals surface area contributed by atoms with Gasteiger partial charge in [0.2, 0.25) is 0 Å². The molecule has 0 aromatic rings. The van der Waals surface area contributed by atoms with Gasteiger partial charge in [-0.3, -0.25) is 0 Å². The predicted molar refractivity (Wildman–Crippen MR) is 67.2 cm³/mol. The summed E-state index contributed by atoms with van der Waals surface area (Å²) < 4.78 is 5.42. The minimum absolute atomic E-state index is 0.781. The van der Waals surface area contributed by atoms with Crippen LogP contribution in [0.15, 0.2) is 0 Å². The van der Waals surface area contributed by atoms with Gasteiger partial charge in [-0.05, 0) is 51.1 Å². The highest BCUT2D eigenvalue weighted by molar-refractivity contribution is 4.64. The molecule has 0 saturated carbocycles. The van der Waals surface area contributed by atoms with E-state index >= 15 is 0 Å². The summed E-state index contributed by atoms with van der Waals surface area (Å²) in [6.07, 6.45) is 3.73. The molecule has 0 aliphatic rings. The third-order valence-corrected chi connectivity index (χ3v) is 2.54. The van der Waals surface area contributed by atoms with Gasteiger partial charge in [-0.2, -0.15) is 0 Å². The lowest BCUT2D eigenvalue weighted by molar-refractivity contribution is 0.128. The fourth-order valence-corrected chi connectivity index (χ4v) is 1.85. The van der Waals surface area contributed by atoms with Crippen LogP contribution in [0, 0.1) is 11.8 Å². The number of ether oxygens (including phenoxy) is 1. The lowest BCUT2D eigenvalue weighted by Gasteiger charge is -2.19. The third kappa shape index (κ3) is 10.2. The summed E-state index contributed by atoms with van der Waals surface area (Å²) >= 11 is 0. The Hall–Kier alpha value is -0.0800. The van der Waals surface area contributed by atoms with E-state index in [1.165, 1.54) is 19.3 Å². The normalized spacial score (nSPS) is 13.4. The van der Waals surface area contributed by atoms with Crippen LogP contribution in [0.5, 0.6) is 0 Å². The van der Waals surface area contributed by atoms with Crippen molar-refractivity contribution >= 4 is 0 Å². The van der Waals surface area contributed by atoms with E-state index in [9.17, 15) is 0 Å². The van der Waals surface area contributed by atoms with Gasteiger partial charge in [0, 0.05) is 13.2 Å². The second-order valence-electron chi connectivity index (χ2n) is 4.69. The Bertz CT molecular complexity index is 116. The Balaban J connectivity index is 3.63. The topological polar surface area (TPSA) is 21.3 Å². The van der Waals surface area contributed by atoms with Crippen LogP contribution in [0.25, 0.3) is 0 Å². The van der Waals surface area contributed by atoms with Crippen molar-refractivity contribution in [1.29, 1.82) is 0 Å². The van der Waals surface area contributed by atoms with Gasteiger partial charge in [0.25, 0.3) is 0 Å². The first-order valence-electron chi connectivity index (χ1n) is 6.49. The fraction of sp³-hybridized carbons (Fsp3) is 1.00. The summed E-state index contributed by atoms with van der Waals surface area (Å²) in [5.74, 6) is 1.57. The highest BCUT2D eigenvalue weighted by Gasteiger charge is 2.10. The molecule has 1 unspecified atom stereocenters. The SMILES string of the molecule is CCCNCC(CCOCC)CC(C)C. The lowest BCUT2D eigenvalue weighted by Crippen LogP contribution is -2.25. The average molecular weight is 215 g/mol. The van der Waals surface area contributed by atoms with E-state index < -0.39 is 0 Å². The molecule has 1 atom stereocenters.